The molecule has 182 valence electrons. The number of rotatable bonds is 6. The lowest BCUT2D eigenvalue weighted by Crippen LogP contribution is -2.45. The molecule has 2 atom stereocenters. The van der Waals surface area contributed by atoms with E-state index in [-0.39, 0.29) is 30.5 Å². The number of imidazole rings is 1. The molecule has 3 aromatic rings. The zero-order chi connectivity index (χ0) is 24.0. The molecular weight excluding hydrogens is 451 g/mol. The van der Waals surface area contributed by atoms with Crippen LogP contribution >= 0.6 is 0 Å². The molecule has 3 aliphatic rings. The van der Waals surface area contributed by atoms with Crippen molar-refractivity contribution in [2.45, 2.75) is 56.5 Å². The number of hydrogen-bond acceptors (Lipinski definition) is 5. The van der Waals surface area contributed by atoms with Gasteiger partial charge in [0, 0.05) is 24.9 Å². The van der Waals surface area contributed by atoms with E-state index in [4.69, 9.17) is 9.47 Å². The quantitative estimate of drug-likeness (QED) is 0.562. The zero-order valence-electron chi connectivity index (χ0n) is 19.3. The van der Waals surface area contributed by atoms with Gasteiger partial charge >= 0.3 is 0 Å². The van der Waals surface area contributed by atoms with Crippen molar-refractivity contribution in [3.05, 3.63) is 53.6 Å². The Hall–Kier alpha value is -3.62. The molecule has 9 heteroatoms. The molecule has 35 heavy (non-hydrogen) atoms. The number of ether oxygens (including phenoxy) is 2. The van der Waals surface area contributed by atoms with E-state index in [1.165, 1.54) is 12.1 Å². The molecule has 2 N–H and O–H groups in total. The van der Waals surface area contributed by atoms with Crippen molar-refractivity contribution in [1.82, 2.24) is 20.2 Å². The van der Waals surface area contributed by atoms with E-state index in [0.717, 1.165) is 24.2 Å². The van der Waals surface area contributed by atoms with Gasteiger partial charge in [-0.25, -0.2) is 9.37 Å². The Morgan fingerprint density at radius 1 is 1.20 bits per heavy atom. The lowest BCUT2D eigenvalue weighted by Gasteiger charge is -2.31. The second kappa shape index (κ2) is 8.55. The highest BCUT2D eigenvalue weighted by Crippen LogP contribution is 2.37. The predicted molar refractivity (Wildman–Crippen MR) is 125 cm³/mol. The fraction of sp³-hybridized carbons (Fsp3) is 0.423. The van der Waals surface area contributed by atoms with E-state index in [2.05, 4.69) is 15.3 Å². The number of nitrogens with one attached hydrogen (secondary N) is 2. The maximum atomic E-state index is 13.6. The van der Waals surface area contributed by atoms with Gasteiger partial charge in [-0.1, -0.05) is 6.07 Å². The predicted octanol–water partition coefficient (Wildman–Crippen LogP) is 3.77. The summed E-state index contributed by atoms with van der Waals surface area (Å²) < 4.78 is 24.5. The largest absolute Gasteiger partial charge is 0.454 e. The Morgan fingerprint density at radius 2 is 2.09 bits per heavy atom. The number of fused-ring (bicyclic) bond motifs is 2. The van der Waals surface area contributed by atoms with Gasteiger partial charge in [0.15, 0.2) is 11.5 Å². The first-order valence-electron chi connectivity index (χ1n) is 12.1. The molecule has 6 rings (SSSR count). The average Bonchev–Trinajstić information content (AvgIpc) is 3.63. The van der Waals surface area contributed by atoms with Crippen LogP contribution in [0.15, 0.2) is 36.4 Å². The van der Waals surface area contributed by atoms with Gasteiger partial charge in [-0.05, 0) is 68.0 Å². The van der Waals surface area contributed by atoms with E-state index in [1.807, 2.05) is 23.1 Å². The van der Waals surface area contributed by atoms with Crippen LogP contribution in [-0.2, 0) is 16.0 Å². The van der Waals surface area contributed by atoms with Crippen LogP contribution in [0.5, 0.6) is 11.5 Å². The van der Waals surface area contributed by atoms with Crippen LogP contribution in [0.3, 0.4) is 0 Å². The molecule has 2 amide bonds. The number of benzene rings is 2. The number of amides is 2. The number of nitrogens with zero attached hydrogens (tertiary/aromatic N) is 2. The molecule has 4 heterocycles. The summed E-state index contributed by atoms with van der Waals surface area (Å²) in [5, 5.41) is 3.16. The van der Waals surface area contributed by atoms with E-state index < -0.39 is 5.54 Å². The van der Waals surface area contributed by atoms with Crippen molar-refractivity contribution in [3.63, 3.8) is 0 Å². The van der Waals surface area contributed by atoms with Crippen molar-refractivity contribution in [2.75, 3.05) is 13.3 Å². The first-order valence-corrected chi connectivity index (χ1v) is 12.1. The van der Waals surface area contributed by atoms with Gasteiger partial charge in [-0.3, -0.25) is 9.59 Å². The van der Waals surface area contributed by atoms with Crippen molar-refractivity contribution < 1.29 is 23.5 Å². The summed E-state index contributed by atoms with van der Waals surface area (Å²) in [6.45, 7) is 0.878. The first-order chi connectivity index (χ1) is 17.0. The summed E-state index contributed by atoms with van der Waals surface area (Å²) in [5.41, 5.74) is 1.90. The Bertz CT molecular complexity index is 1310. The molecular formula is C26H27FN4O4. The summed E-state index contributed by atoms with van der Waals surface area (Å²) in [7, 11) is 0. The monoisotopic (exact) mass is 478 g/mol. The molecule has 0 saturated carbocycles. The minimum atomic E-state index is -0.466. The Labute approximate surface area is 201 Å². The molecule has 8 nitrogen and oxygen atoms in total. The summed E-state index contributed by atoms with van der Waals surface area (Å²) in [6.07, 6.45) is 4.36. The summed E-state index contributed by atoms with van der Waals surface area (Å²) in [5.74, 6) is 1.88. The summed E-state index contributed by atoms with van der Waals surface area (Å²) in [6, 6.07) is 10.1. The van der Waals surface area contributed by atoms with Crippen molar-refractivity contribution in [2.24, 2.45) is 0 Å². The highest BCUT2D eigenvalue weighted by molar-refractivity contribution is 5.81. The number of hydrogen-bond donors (Lipinski definition) is 2. The highest BCUT2D eigenvalue weighted by atomic mass is 19.1. The van der Waals surface area contributed by atoms with Crippen molar-refractivity contribution >= 4 is 22.8 Å². The van der Waals surface area contributed by atoms with Crippen LogP contribution in [0, 0.1) is 5.82 Å². The van der Waals surface area contributed by atoms with Crippen LogP contribution in [-0.4, -0.2) is 45.6 Å². The van der Waals surface area contributed by atoms with Gasteiger partial charge < -0.3 is 24.7 Å². The van der Waals surface area contributed by atoms with Crippen molar-refractivity contribution in [3.8, 4) is 11.5 Å². The van der Waals surface area contributed by atoms with Gasteiger partial charge in [0.25, 0.3) is 0 Å². The van der Waals surface area contributed by atoms with Gasteiger partial charge in [-0.15, -0.1) is 0 Å². The smallest absolute Gasteiger partial charge is 0.231 e. The van der Waals surface area contributed by atoms with E-state index in [9.17, 15) is 14.0 Å². The number of aromatic amines is 1. The average molecular weight is 479 g/mol. The van der Waals surface area contributed by atoms with E-state index in [1.54, 1.807) is 6.07 Å². The third-order valence-corrected chi connectivity index (χ3v) is 7.38. The molecule has 0 aliphatic carbocycles. The molecule has 0 bridgehead atoms. The molecule has 3 aliphatic heterocycles. The fourth-order valence-electron chi connectivity index (χ4n) is 5.62. The van der Waals surface area contributed by atoms with Crippen LogP contribution < -0.4 is 14.8 Å². The van der Waals surface area contributed by atoms with Crippen LogP contribution in [0.1, 0.15) is 56.0 Å². The van der Waals surface area contributed by atoms with Crippen LogP contribution in [0.2, 0.25) is 0 Å². The second-order valence-electron chi connectivity index (χ2n) is 9.72. The lowest BCUT2D eigenvalue weighted by molar-refractivity contribution is -0.133. The third-order valence-electron chi connectivity index (χ3n) is 7.38. The Morgan fingerprint density at radius 3 is 2.94 bits per heavy atom. The highest BCUT2D eigenvalue weighted by Gasteiger charge is 2.40. The zero-order valence-corrected chi connectivity index (χ0v) is 19.3. The van der Waals surface area contributed by atoms with Gasteiger partial charge in [0.1, 0.15) is 11.6 Å². The fourth-order valence-corrected chi connectivity index (χ4v) is 5.62. The molecule has 2 saturated heterocycles. The first kappa shape index (κ1) is 21.9. The number of H-pyrrole nitrogens is 1. The number of carbonyl (C=O) groups excluding carboxylic acids is 2. The van der Waals surface area contributed by atoms with Gasteiger partial charge in [-0.2, -0.15) is 0 Å². The third kappa shape index (κ3) is 4.19. The molecule has 1 aromatic heterocycles. The SMILES string of the molecule is O=C1CC[C@](CCC(=O)N2CCC[C@H]2c2nc3ccc(F)cc3[nH]2)(Cc2ccc3c(c2)OCO3)N1. The minimum absolute atomic E-state index is 0.0201. The number of carbonyl (C=O) groups is 2. The second-order valence-corrected chi connectivity index (χ2v) is 9.72. The van der Waals surface area contributed by atoms with Crippen molar-refractivity contribution in [1.29, 1.82) is 0 Å². The molecule has 2 aromatic carbocycles. The lowest BCUT2D eigenvalue weighted by atomic mass is 9.84. The summed E-state index contributed by atoms with van der Waals surface area (Å²) >= 11 is 0. The molecule has 0 unspecified atom stereocenters. The standard InChI is InChI=1S/C26H27FN4O4/c27-17-4-5-18-19(13-17)29-25(28-18)20-2-1-11-31(20)24(33)8-10-26(9-7-23(32)30-26)14-16-3-6-21-22(12-16)35-15-34-21/h3-6,12-13,20H,1-2,7-11,14-15H2,(H,28,29)(H,30,32)/t20-,26-/m0/s1. The molecule has 2 fully saturated rings. The Balaban J connectivity index is 1.17. The Kier molecular flexibility index (Phi) is 5.35. The van der Waals surface area contributed by atoms with Gasteiger partial charge in [0.05, 0.1) is 17.1 Å². The minimum Gasteiger partial charge on any atom is -0.454 e. The van der Waals surface area contributed by atoms with E-state index in [0.29, 0.717) is 61.3 Å². The van der Waals surface area contributed by atoms with Gasteiger partial charge in [0.2, 0.25) is 18.6 Å². The summed E-state index contributed by atoms with van der Waals surface area (Å²) in [4.78, 5) is 35.2. The van der Waals surface area contributed by atoms with Crippen LogP contribution in [0.25, 0.3) is 11.0 Å². The van der Waals surface area contributed by atoms with Crippen LogP contribution in [0.4, 0.5) is 4.39 Å². The number of likely N-dealkylation sites (tertiary alicyclic amines) is 1. The maximum absolute atomic E-state index is 13.6. The number of aromatic nitrogens is 2. The molecule has 0 spiro atoms. The maximum Gasteiger partial charge on any atom is 0.231 e. The number of halogens is 1. The molecule has 0 radical (unpaired) electrons. The topological polar surface area (TPSA) is 96.6 Å². The normalized spacial score (nSPS) is 23.3. The van der Waals surface area contributed by atoms with E-state index >= 15 is 0 Å².